The van der Waals surface area contributed by atoms with Gasteiger partial charge in [-0.2, -0.15) is 0 Å². The lowest BCUT2D eigenvalue weighted by Crippen LogP contribution is -2.08. The molecule has 0 heterocycles. The lowest BCUT2D eigenvalue weighted by molar-refractivity contribution is 0.0748. The van der Waals surface area contributed by atoms with Gasteiger partial charge >= 0.3 is 5.97 Å². The average molecular weight is 316 g/mol. The van der Waals surface area contributed by atoms with Crippen molar-refractivity contribution in [1.29, 1.82) is 0 Å². The molecular formula is C18H21O3P. The van der Waals surface area contributed by atoms with Crippen LogP contribution in [0.5, 0.6) is 0 Å². The zero-order chi connectivity index (χ0) is 16.3. The summed E-state index contributed by atoms with van der Waals surface area (Å²) >= 11 is 0. The van der Waals surface area contributed by atoms with Crippen molar-refractivity contribution in [3.05, 3.63) is 58.7 Å². The Morgan fingerprint density at radius 1 is 1.09 bits per heavy atom. The quantitative estimate of drug-likeness (QED) is 0.751. The van der Waals surface area contributed by atoms with Crippen LogP contribution < -0.4 is 0 Å². The number of carbonyl (C=O) groups excluding carboxylic acids is 1. The predicted octanol–water partition coefficient (Wildman–Crippen LogP) is 4.93. The van der Waals surface area contributed by atoms with Crippen LogP contribution >= 0.6 is 8.03 Å². The second kappa shape index (κ2) is 6.93. The maximum absolute atomic E-state index is 12.4. The molecular weight excluding hydrogens is 295 g/mol. The number of carbonyl (C=O) groups is 1. The third kappa shape index (κ3) is 3.31. The van der Waals surface area contributed by atoms with E-state index in [1.165, 1.54) is 0 Å². The molecule has 0 saturated carbocycles. The first-order valence-electron chi connectivity index (χ1n) is 7.37. The molecule has 4 heteroatoms. The normalized spacial score (nSPS) is 12.0. The molecule has 0 amide bonds. The number of rotatable bonds is 4. The van der Waals surface area contributed by atoms with Gasteiger partial charge < -0.3 is 4.52 Å². The summed E-state index contributed by atoms with van der Waals surface area (Å²) < 4.78 is 16.7. The molecule has 0 saturated heterocycles. The Bertz CT molecular complexity index is 721. The van der Waals surface area contributed by atoms with Crippen molar-refractivity contribution in [1.82, 2.24) is 0 Å². The molecule has 1 atom stereocenters. The van der Waals surface area contributed by atoms with Gasteiger partial charge in [0.15, 0.2) is 0 Å². The highest BCUT2D eigenvalue weighted by atomic mass is 31.1. The van der Waals surface area contributed by atoms with E-state index in [0.717, 1.165) is 27.8 Å². The van der Waals surface area contributed by atoms with Crippen LogP contribution in [0.1, 0.15) is 34.0 Å². The minimum Gasteiger partial charge on any atom is -0.411 e. The van der Waals surface area contributed by atoms with Crippen molar-refractivity contribution in [3.8, 4) is 11.1 Å². The van der Waals surface area contributed by atoms with Crippen LogP contribution in [0, 0.1) is 20.8 Å². The van der Waals surface area contributed by atoms with Crippen LogP contribution in [0.15, 0.2) is 36.4 Å². The van der Waals surface area contributed by atoms with E-state index in [0.29, 0.717) is 11.7 Å². The summed E-state index contributed by atoms with van der Waals surface area (Å²) in [5.41, 5.74) is 5.46. The van der Waals surface area contributed by atoms with Crippen LogP contribution in [0.2, 0.25) is 0 Å². The second-order valence-corrected chi connectivity index (χ2v) is 7.02. The zero-order valence-electron chi connectivity index (χ0n) is 13.4. The molecule has 0 spiro atoms. The van der Waals surface area contributed by atoms with Crippen molar-refractivity contribution in [3.63, 3.8) is 0 Å². The van der Waals surface area contributed by atoms with Gasteiger partial charge in [0, 0.05) is 6.16 Å². The highest BCUT2D eigenvalue weighted by molar-refractivity contribution is 7.39. The van der Waals surface area contributed by atoms with E-state index >= 15 is 0 Å². The Morgan fingerprint density at radius 2 is 1.73 bits per heavy atom. The summed E-state index contributed by atoms with van der Waals surface area (Å²) in [4.78, 5) is 12.4. The summed E-state index contributed by atoms with van der Waals surface area (Å²) in [6, 6.07) is 11.9. The Balaban J connectivity index is 2.57. The lowest BCUT2D eigenvalue weighted by Gasteiger charge is -2.16. The SMILES string of the molecule is CC[PH](=O)OC(=O)c1c(C)cc(C)c(-c2ccccc2)c1C. The molecule has 0 aromatic heterocycles. The number of hydrogen-bond acceptors (Lipinski definition) is 3. The summed E-state index contributed by atoms with van der Waals surface area (Å²) in [5, 5.41) is 0. The Labute approximate surface area is 132 Å². The Kier molecular flexibility index (Phi) is 5.20. The van der Waals surface area contributed by atoms with E-state index in [9.17, 15) is 9.36 Å². The van der Waals surface area contributed by atoms with E-state index in [1.807, 2.05) is 57.2 Å². The average Bonchev–Trinajstić information content (AvgIpc) is 2.47. The maximum Gasteiger partial charge on any atom is 0.343 e. The van der Waals surface area contributed by atoms with E-state index in [4.69, 9.17) is 4.52 Å². The summed E-state index contributed by atoms with van der Waals surface area (Å²) in [7, 11) is -2.29. The molecule has 0 N–H and O–H groups in total. The van der Waals surface area contributed by atoms with Crippen molar-refractivity contribution >= 4 is 14.0 Å². The topological polar surface area (TPSA) is 43.4 Å². The molecule has 2 rings (SSSR count). The lowest BCUT2D eigenvalue weighted by atomic mass is 9.89. The first kappa shape index (κ1) is 16.5. The molecule has 0 aliphatic carbocycles. The molecule has 2 aromatic carbocycles. The summed E-state index contributed by atoms with van der Waals surface area (Å²) in [6.45, 7) is 7.59. The number of benzene rings is 2. The van der Waals surface area contributed by atoms with Crippen LogP contribution in [0.3, 0.4) is 0 Å². The minimum atomic E-state index is -2.29. The fourth-order valence-electron chi connectivity index (χ4n) is 2.78. The van der Waals surface area contributed by atoms with Gasteiger partial charge in [0.1, 0.15) is 0 Å². The van der Waals surface area contributed by atoms with Gasteiger partial charge in [-0.25, -0.2) is 4.79 Å². The minimum absolute atomic E-state index is 0.367. The van der Waals surface area contributed by atoms with Crippen LogP contribution in [-0.4, -0.2) is 12.1 Å². The smallest absolute Gasteiger partial charge is 0.343 e. The molecule has 116 valence electrons. The van der Waals surface area contributed by atoms with Gasteiger partial charge in [0.05, 0.1) is 5.56 Å². The molecule has 0 radical (unpaired) electrons. The van der Waals surface area contributed by atoms with Crippen molar-refractivity contribution in [2.24, 2.45) is 0 Å². The van der Waals surface area contributed by atoms with Gasteiger partial charge in [0.25, 0.3) is 0 Å². The van der Waals surface area contributed by atoms with Gasteiger partial charge in [-0.15, -0.1) is 0 Å². The molecule has 0 fully saturated rings. The predicted molar refractivity (Wildman–Crippen MR) is 91.0 cm³/mol. The zero-order valence-corrected chi connectivity index (χ0v) is 14.4. The van der Waals surface area contributed by atoms with E-state index in [2.05, 4.69) is 0 Å². The maximum atomic E-state index is 12.4. The number of aryl methyl sites for hydroxylation is 2. The fourth-order valence-corrected chi connectivity index (χ4v) is 3.23. The van der Waals surface area contributed by atoms with Gasteiger partial charge in [-0.1, -0.05) is 43.3 Å². The van der Waals surface area contributed by atoms with Crippen molar-refractivity contribution in [2.45, 2.75) is 27.7 Å². The monoisotopic (exact) mass is 316 g/mol. The summed E-state index contributed by atoms with van der Waals surface area (Å²) in [5.74, 6) is -0.488. The molecule has 22 heavy (non-hydrogen) atoms. The van der Waals surface area contributed by atoms with E-state index < -0.39 is 14.0 Å². The molecule has 3 nitrogen and oxygen atoms in total. The number of hydrogen-bond donors (Lipinski definition) is 0. The van der Waals surface area contributed by atoms with Crippen molar-refractivity contribution < 1.29 is 13.9 Å². The molecule has 0 aliphatic rings. The van der Waals surface area contributed by atoms with Crippen LogP contribution in [-0.2, 0) is 9.09 Å². The third-order valence-corrected chi connectivity index (χ3v) is 4.72. The summed E-state index contributed by atoms with van der Waals surface area (Å²) in [6.07, 6.45) is 0.367. The highest BCUT2D eigenvalue weighted by Gasteiger charge is 2.20. The van der Waals surface area contributed by atoms with Crippen LogP contribution in [0.25, 0.3) is 11.1 Å². The Morgan fingerprint density at radius 3 is 2.32 bits per heavy atom. The van der Waals surface area contributed by atoms with Gasteiger partial charge in [0.2, 0.25) is 8.03 Å². The van der Waals surface area contributed by atoms with Crippen molar-refractivity contribution in [2.75, 3.05) is 6.16 Å². The largest absolute Gasteiger partial charge is 0.411 e. The fraction of sp³-hybridized carbons (Fsp3) is 0.278. The highest BCUT2D eigenvalue weighted by Crippen LogP contribution is 2.33. The standard InChI is InChI=1S/C18H21O3P/c1-5-22(20)21-18(19)17-13(3)11-12(2)16(14(17)4)15-9-7-6-8-10-15/h6-11,22H,5H2,1-4H3. The second-order valence-electron chi connectivity index (χ2n) is 5.37. The Hall–Kier alpha value is -1.86. The first-order valence-corrected chi connectivity index (χ1v) is 8.89. The van der Waals surface area contributed by atoms with Gasteiger partial charge in [-0.05, 0) is 48.6 Å². The van der Waals surface area contributed by atoms with Crippen LogP contribution in [0.4, 0.5) is 0 Å². The molecule has 0 aliphatic heterocycles. The van der Waals surface area contributed by atoms with E-state index in [1.54, 1.807) is 6.92 Å². The molecule has 2 aromatic rings. The van der Waals surface area contributed by atoms with E-state index in [-0.39, 0.29) is 0 Å². The molecule has 1 unspecified atom stereocenters. The van der Waals surface area contributed by atoms with Gasteiger partial charge in [-0.3, -0.25) is 4.57 Å². The first-order chi connectivity index (χ1) is 10.5. The third-order valence-electron chi connectivity index (χ3n) is 3.73. The molecule has 0 bridgehead atoms.